The van der Waals surface area contributed by atoms with Gasteiger partial charge in [0.05, 0.1) is 21.3 Å². The summed E-state index contributed by atoms with van der Waals surface area (Å²) in [5.74, 6) is 2.54. The second kappa shape index (κ2) is 11.6. The van der Waals surface area contributed by atoms with Crippen LogP contribution in [0, 0.1) is 0 Å². The molecule has 7 rings (SSSR count). The molecule has 0 atom stereocenters. The van der Waals surface area contributed by atoms with Gasteiger partial charge in [-0.15, -0.1) is 0 Å². The molecule has 48 heavy (non-hydrogen) atoms. The fraction of sp³-hybridized carbons (Fsp3) is 0.244. The molecule has 0 aliphatic rings. The van der Waals surface area contributed by atoms with Crippen molar-refractivity contribution in [2.24, 2.45) is 0 Å². The number of rotatable bonds is 6. The predicted octanol–water partition coefficient (Wildman–Crippen LogP) is 12.2. The van der Waals surface area contributed by atoms with Crippen molar-refractivity contribution in [3.05, 3.63) is 114 Å². The molecule has 0 bridgehead atoms. The zero-order valence-electron chi connectivity index (χ0n) is 29.5. The van der Waals surface area contributed by atoms with Gasteiger partial charge in [0.2, 0.25) is 0 Å². The Bertz CT molecular complexity index is 2260. The lowest BCUT2D eigenvalue weighted by atomic mass is 9.75. The highest BCUT2D eigenvalue weighted by atomic mass is 16.5. The first-order valence-corrected chi connectivity index (χ1v) is 16.7. The molecular weight excluding hydrogens is 588 g/mol. The Morgan fingerprint density at radius 1 is 0.396 bits per heavy atom. The fourth-order valence-corrected chi connectivity index (χ4v) is 7.07. The summed E-state index contributed by atoms with van der Waals surface area (Å²) in [5.41, 5.74) is 9.66. The van der Waals surface area contributed by atoms with Crippen LogP contribution in [0.25, 0.3) is 65.7 Å². The molecule has 3 nitrogen and oxygen atoms in total. The standard InChI is InChI=1S/C45H44O3/c1-44(2,3)31-22-30-23-36(27-10-16-33(46-7)17-11-27)37-24-32(45(4,5)6)26-39-41(29-14-20-35(48-9)21-15-29)40(38(25-31)42(30)43(37)39)28-12-18-34(47-8)19-13-28/h10-26H,1-9H3. The average Bonchev–Trinajstić information content (AvgIpc) is 3.09. The van der Waals surface area contributed by atoms with E-state index in [0.717, 1.165) is 28.4 Å². The number of ether oxygens (including phenoxy) is 3. The van der Waals surface area contributed by atoms with Crippen molar-refractivity contribution in [3.8, 4) is 50.6 Å². The van der Waals surface area contributed by atoms with Gasteiger partial charge in [-0.25, -0.2) is 0 Å². The molecule has 0 aliphatic carbocycles. The number of hydrogen-bond acceptors (Lipinski definition) is 3. The molecule has 0 heterocycles. The SMILES string of the molecule is COc1ccc(-c2c(-c3ccc(OC)cc3)c3cc(C(C)(C)C)cc4c(-c5ccc(OC)cc5)cc5cc(C(C)(C)C)cc2c5c43)cc1. The predicted molar refractivity (Wildman–Crippen MR) is 204 cm³/mol. The molecular formula is C45H44O3. The van der Waals surface area contributed by atoms with Crippen LogP contribution in [0.2, 0.25) is 0 Å². The van der Waals surface area contributed by atoms with E-state index in [-0.39, 0.29) is 10.8 Å². The lowest BCUT2D eigenvalue weighted by Gasteiger charge is -2.28. The van der Waals surface area contributed by atoms with E-state index in [1.54, 1.807) is 21.3 Å². The smallest absolute Gasteiger partial charge is 0.118 e. The van der Waals surface area contributed by atoms with Crippen LogP contribution in [0.1, 0.15) is 52.7 Å². The quantitative estimate of drug-likeness (QED) is 0.171. The van der Waals surface area contributed by atoms with Gasteiger partial charge in [-0.1, -0.05) is 84.0 Å². The fourth-order valence-electron chi connectivity index (χ4n) is 7.07. The minimum absolute atomic E-state index is 0.0540. The second-order valence-electron chi connectivity index (χ2n) is 14.9. The van der Waals surface area contributed by atoms with Gasteiger partial charge in [-0.3, -0.25) is 0 Å². The summed E-state index contributed by atoms with van der Waals surface area (Å²) in [6.07, 6.45) is 0. The van der Waals surface area contributed by atoms with Crippen LogP contribution in [0.3, 0.4) is 0 Å². The normalized spacial score (nSPS) is 12.3. The largest absolute Gasteiger partial charge is 0.497 e. The third kappa shape index (κ3) is 5.32. The maximum Gasteiger partial charge on any atom is 0.118 e. The van der Waals surface area contributed by atoms with Gasteiger partial charge >= 0.3 is 0 Å². The molecule has 0 aliphatic heterocycles. The van der Waals surface area contributed by atoms with E-state index in [1.807, 2.05) is 0 Å². The Labute approximate surface area is 284 Å². The molecule has 0 saturated carbocycles. The lowest BCUT2D eigenvalue weighted by Crippen LogP contribution is -2.12. The molecule has 0 unspecified atom stereocenters. The summed E-state index contributed by atoms with van der Waals surface area (Å²) in [7, 11) is 5.16. The molecule has 7 aromatic rings. The van der Waals surface area contributed by atoms with Gasteiger partial charge in [0.15, 0.2) is 0 Å². The maximum atomic E-state index is 5.61. The molecule has 0 radical (unpaired) electrons. The summed E-state index contributed by atoms with van der Waals surface area (Å²) in [6, 6.07) is 37.8. The van der Waals surface area contributed by atoms with Gasteiger partial charge in [0.1, 0.15) is 17.2 Å². The van der Waals surface area contributed by atoms with Crippen molar-refractivity contribution in [1.29, 1.82) is 0 Å². The number of hydrogen-bond donors (Lipinski definition) is 0. The van der Waals surface area contributed by atoms with E-state index in [2.05, 4.69) is 145 Å². The number of methoxy groups -OCH3 is 3. The Hall–Kier alpha value is -5.02. The Morgan fingerprint density at radius 3 is 1.19 bits per heavy atom. The van der Waals surface area contributed by atoms with Crippen molar-refractivity contribution in [3.63, 3.8) is 0 Å². The summed E-state index contributed by atoms with van der Waals surface area (Å²) >= 11 is 0. The van der Waals surface area contributed by atoms with E-state index >= 15 is 0 Å². The first-order chi connectivity index (χ1) is 22.9. The highest BCUT2D eigenvalue weighted by molar-refractivity contribution is 6.33. The topological polar surface area (TPSA) is 27.7 Å². The van der Waals surface area contributed by atoms with E-state index in [1.165, 1.54) is 65.7 Å². The Kier molecular flexibility index (Phi) is 7.63. The molecule has 3 heteroatoms. The van der Waals surface area contributed by atoms with Crippen LogP contribution in [0.15, 0.2) is 103 Å². The van der Waals surface area contributed by atoms with Crippen molar-refractivity contribution in [2.75, 3.05) is 21.3 Å². The minimum atomic E-state index is -0.0709. The van der Waals surface area contributed by atoms with Crippen LogP contribution in [0.4, 0.5) is 0 Å². The van der Waals surface area contributed by atoms with Crippen molar-refractivity contribution in [2.45, 2.75) is 52.4 Å². The first-order valence-electron chi connectivity index (χ1n) is 16.7. The van der Waals surface area contributed by atoms with Crippen LogP contribution in [-0.2, 0) is 10.8 Å². The Balaban J connectivity index is 1.76. The van der Waals surface area contributed by atoms with Crippen molar-refractivity contribution >= 4 is 32.3 Å². The minimum Gasteiger partial charge on any atom is -0.497 e. The molecule has 0 fully saturated rings. The zero-order chi connectivity index (χ0) is 34.0. The second-order valence-corrected chi connectivity index (χ2v) is 14.9. The molecule has 0 spiro atoms. The van der Waals surface area contributed by atoms with Gasteiger partial charge < -0.3 is 14.2 Å². The van der Waals surface area contributed by atoms with Crippen molar-refractivity contribution in [1.82, 2.24) is 0 Å². The monoisotopic (exact) mass is 632 g/mol. The summed E-state index contributed by atoms with van der Waals surface area (Å²) < 4.78 is 16.8. The van der Waals surface area contributed by atoms with Gasteiger partial charge in [-0.05, 0) is 148 Å². The van der Waals surface area contributed by atoms with E-state index in [4.69, 9.17) is 14.2 Å². The average molecular weight is 633 g/mol. The first kappa shape index (κ1) is 31.6. The van der Waals surface area contributed by atoms with Crippen LogP contribution >= 0.6 is 0 Å². The highest BCUT2D eigenvalue weighted by Crippen LogP contribution is 2.52. The molecule has 0 aromatic heterocycles. The zero-order valence-corrected chi connectivity index (χ0v) is 29.5. The van der Waals surface area contributed by atoms with Crippen LogP contribution in [0.5, 0.6) is 17.2 Å². The molecule has 0 saturated heterocycles. The van der Waals surface area contributed by atoms with Gasteiger partial charge in [0, 0.05) is 0 Å². The van der Waals surface area contributed by atoms with Crippen molar-refractivity contribution < 1.29 is 14.2 Å². The summed E-state index contributed by atoms with van der Waals surface area (Å²) in [4.78, 5) is 0. The number of benzene rings is 7. The molecule has 0 N–H and O–H groups in total. The summed E-state index contributed by atoms with van der Waals surface area (Å²) in [6.45, 7) is 13.8. The molecule has 242 valence electrons. The lowest BCUT2D eigenvalue weighted by molar-refractivity contribution is 0.414. The maximum absolute atomic E-state index is 5.61. The third-order valence-electron chi connectivity index (χ3n) is 9.83. The third-order valence-corrected chi connectivity index (χ3v) is 9.83. The van der Waals surface area contributed by atoms with Crippen LogP contribution in [-0.4, -0.2) is 21.3 Å². The van der Waals surface area contributed by atoms with E-state index < -0.39 is 0 Å². The Morgan fingerprint density at radius 2 is 0.771 bits per heavy atom. The van der Waals surface area contributed by atoms with E-state index in [9.17, 15) is 0 Å². The van der Waals surface area contributed by atoms with Gasteiger partial charge in [0.25, 0.3) is 0 Å². The highest BCUT2D eigenvalue weighted by Gasteiger charge is 2.27. The molecule has 7 aromatic carbocycles. The summed E-state index contributed by atoms with van der Waals surface area (Å²) in [5, 5.41) is 7.62. The van der Waals surface area contributed by atoms with Gasteiger partial charge in [-0.2, -0.15) is 0 Å². The molecule has 0 amide bonds. The van der Waals surface area contributed by atoms with Crippen LogP contribution < -0.4 is 14.2 Å². The van der Waals surface area contributed by atoms with E-state index in [0.29, 0.717) is 0 Å².